The highest BCUT2D eigenvalue weighted by Crippen LogP contribution is 2.25. The van der Waals surface area contributed by atoms with Gasteiger partial charge in [-0.1, -0.05) is 18.2 Å². The van der Waals surface area contributed by atoms with Gasteiger partial charge in [0.15, 0.2) is 5.43 Å². The number of ether oxygens (including phenoxy) is 1. The molecule has 0 atom stereocenters. The fourth-order valence-electron chi connectivity index (χ4n) is 3.78. The van der Waals surface area contributed by atoms with Crippen molar-refractivity contribution in [3.63, 3.8) is 0 Å². The molecule has 0 N–H and O–H groups in total. The summed E-state index contributed by atoms with van der Waals surface area (Å²) in [5.74, 6) is 0. The first-order valence-corrected chi connectivity index (χ1v) is 10.8. The number of hydrogen-bond acceptors (Lipinski definition) is 3. The smallest absolute Gasteiger partial charge is 0.195 e. The Morgan fingerprint density at radius 2 is 1.63 bits per heavy atom. The van der Waals surface area contributed by atoms with Crippen molar-refractivity contribution in [1.82, 2.24) is 0 Å². The second-order valence-corrected chi connectivity index (χ2v) is 8.26. The number of hydrogen-bond donors (Lipinski definition) is 0. The SMILES string of the molecule is CC[N+](CC)(CC)CCCOCc1ccc2sc3ccccc3c(=O)c2c1. The molecule has 0 fully saturated rings. The highest BCUT2D eigenvalue weighted by atomic mass is 32.1. The van der Waals surface area contributed by atoms with Gasteiger partial charge in [-0.2, -0.15) is 0 Å². The summed E-state index contributed by atoms with van der Waals surface area (Å²) in [4.78, 5) is 12.8. The lowest BCUT2D eigenvalue weighted by Gasteiger charge is -2.35. The molecule has 3 nitrogen and oxygen atoms in total. The van der Waals surface area contributed by atoms with Crippen molar-refractivity contribution in [2.45, 2.75) is 33.8 Å². The third-order valence-electron chi connectivity index (χ3n) is 5.84. The van der Waals surface area contributed by atoms with Crippen LogP contribution < -0.4 is 5.43 Å². The number of benzene rings is 2. The normalized spacial score (nSPS) is 12.1. The number of quaternary nitrogens is 1. The van der Waals surface area contributed by atoms with E-state index >= 15 is 0 Å². The van der Waals surface area contributed by atoms with E-state index in [0.29, 0.717) is 6.61 Å². The van der Waals surface area contributed by atoms with E-state index in [0.717, 1.165) is 43.2 Å². The molecule has 3 aromatic rings. The number of nitrogens with zero attached hydrogens (tertiary/aromatic N) is 1. The molecule has 0 amide bonds. The standard InChI is InChI=1S/C23H30NO2S/c1-4-24(5-2,6-3)14-9-15-26-17-18-12-13-22-20(16-18)23(25)19-10-7-8-11-21(19)27-22/h7-8,10-13,16H,4-6,9,14-15,17H2,1-3H3/q+1. The summed E-state index contributed by atoms with van der Waals surface area (Å²) < 4.78 is 9.16. The maximum Gasteiger partial charge on any atom is 0.195 e. The first-order chi connectivity index (χ1) is 13.1. The molecule has 1 heterocycles. The van der Waals surface area contributed by atoms with Gasteiger partial charge in [0, 0.05) is 26.6 Å². The van der Waals surface area contributed by atoms with E-state index < -0.39 is 0 Å². The zero-order chi connectivity index (χ0) is 19.3. The zero-order valence-corrected chi connectivity index (χ0v) is 17.5. The fraction of sp³-hybridized carbons (Fsp3) is 0.435. The summed E-state index contributed by atoms with van der Waals surface area (Å²) in [6.07, 6.45) is 1.07. The summed E-state index contributed by atoms with van der Waals surface area (Å²) in [6, 6.07) is 14.0. The third-order valence-corrected chi connectivity index (χ3v) is 6.99. The molecule has 144 valence electrons. The molecular weight excluding hydrogens is 354 g/mol. The van der Waals surface area contributed by atoms with Gasteiger partial charge in [-0.05, 0) is 50.6 Å². The average Bonchev–Trinajstić information content (AvgIpc) is 2.72. The van der Waals surface area contributed by atoms with Gasteiger partial charge in [-0.3, -0.25) is 4.79 Å². The summed E-state index contributed by atoms with van der Waals surface area (Å²) in [7, 11) is 0. The van der Waals surface area contributed by atoms with Gasteiger partial charge in [0.25, 0.3) is 0 Å². The van der Waals surface area contributed by atoms with E-state index in [1.807, 2.05) is 30.3 Å². The van der Waals surface area contributed by atoms with Gasteiger partial charge in [0.05, 0.1) is 39.4 Å². The van der Waals surface area contributed by atoms with E-state index in [4.69, 9.17) is 4.74 Å². The van der Waals surface area contributed by atoms with Gasteiger partial charge in [-0.25, -0.2) is 0 Å². The van der Waals surface area contributed by atoms with Crippen molar-refractivity contribution in [2.24, 2.45) is 0 Å². The van der Waals surface area contributed by atoms with Crippen LogP contribution in [-0.2, 0) is 11.3 Å². The largest absolute Gasteiger partial charge is 0.377 e. The number of fused-ring (bicyclic) bond motifs is 2. The summed E-state index contributed by atoms with van der Waals surface area (Å²) >= 11 is 1.67. The van der Waals surface area contributed by atoms with Gasteiger partial charge >= 0.3 is 0 Å². The van der Waals surface area contributed by atoms with Crippen LogP contribution in [0.1, 0.15) is 32.8 Å². The zero-order valence-electron chi connectivity index (χ0n) is 16.7. The Hall–Kier alpha value is -1.75. The van der Waals surface area contributed by atoms with Crippen LogP contribution in [0.15, 0.2) is 47.3 Å². The maximum absolute atomic E-state index is 12.8. The Kier molecular flexibility index (Phi) is 6.64. The molecule has 4 heteroatoms. The molecule has 0 aliphatic heterocycles. The fourth-order valence-corrected chi connectivity index (χ4v) is 4.83. The van der Waals surface area contributed by atoms with Gasteiger partial charge in [0.1, 0.15) is 0 Å². The van der Waals surface area contributed by atoms with E-state index in [1.165, 1.54) is 26.2 Å². The summed E-state index contributed by atoms with van der Waals surface area (Å²) in [6.45, 7) is 12.9. The van der Waals surface area contributed by atoms with Crippen molar-refractivity contribution in [3.8, 4) is 0 Å². The second kappa shape index (κ2) is 8.96. The van der Waals surface area contributed by atoms with E-state index in [1.54, 1.807) is 11.3 Å². The van der Waals surface area contributed by atoms with Crippen LogP contribution in [0.25, 0.3) is 20.2 Å². The van der Waals surface area contributed by atoms with Crippen LogP contribution in [0, 0.1) is 0 Å². The van der Waals surface area contributed by atoms with Gasteiger partial charge in [0.2, 0.25) is 0 Å². The number of rotatable bonds is 9. The Labute approximate surface area is 165 Å². The minimum Gasteiger partial charge on any atom is -0.377 e. The quantitative estimate of drug-likeness (QED) is 0.288. The van der Waals surface area contributed by atoms with E-state index in [9.17, 15) is 4.79 Å². The monoisotopic (exact) mass is 384 g/mol. The van der Waals surface area contributed by atoms with E-state index in [-0.39, 0.29) is 5.43 Å². The average molecular weight is 385 g/mol. The topological polar surface area (TPSA) is 26.3 Å². The molecule has 0 aliphatic rings. The maximum atomic E-state index is 12.8. The Balaban J connectivity index is 1.65. The highest BCUT2D eigenvalue weighted by Gasteiger charge is 2.19. The molecular formula is C23H30NO2S+. The lowest BCUT2D eigenvalue weighted by Crippen LogP contribution is -2.48. The molecule has 0 aliphatic carbocycles. The Morgan fingerprint density at radius 1 is 0.926 bits per heavy atom. The lowest BCUT2D eigenvalue weighted by molar-refractivity contribution is -0.923. The van der Waals surface area contributed by atoms with Crippen molar-refractivity contribution >= 4 is 31.5 Å². The van der Waals surface area contributed by atoms with Crippen LogP contribution in [0.4, 0.5) is 0 Å². The molecule has 0 saturated heterocycles. The van der Waals surface area contributed by atoms with Gasteiger partial charge in [-0.15, -0.1) is 11.3 Å². The molecule has 27 heavy (non-hydrogen) atoms. The molecule has 0 saturated carbocycles. The van der Waals surface area contributed by atoms with Crippen molar-refractivity contribution in [3.05, 3.63) is 58.3 Å². The molecule has 1 aromatic heterocycles. The summed E-state index contributed by atoms with van der Waals surface area (Å²) in [5, 5.41) is 1.61. The molecule has 0 radical (unpaired) electrons. The van der Waals surface area contributed by atoms with Crippen molar-refractivity contribution in [2.75, 3.05) is 32.8 Å². The van der Waals surface area contributed by atoms with Crippen LogP contribution in [0.5, 0.6) is 0 Å². The molecule has 2 aromatic carbocycles. The van der Waals surface area contributed by atoms with Crippen LogP contribution >= 0.6 is 11.3 Å². The molecule has 0 spiro atoms. The molecule has 3 rings (SSSR count). The third kappa shape index (κ3) is 4.40. The van der Waals surface area contributed by atoms with Crippen molar-refractivity contribution < 1.29 is 9.22 Å². The van der Waals surface area contributed by atoms with Crippen molar-refractivity contribution in [1.29, 1.82) is 0 Å². The van der Waals surface area contributed by atoms with E-state index in [2.05, 4.69) is 32.9 Å². The van der Waals surface area contributed by atoms with Crippen LogP contribution in [0.2, 0.25) is 0 Å². The highest BCUT2D eigenvalue weighted by molar-refractivity contribution is 7.24. The minimum atomic E-state index is 0.122. The predicted molar refractivity (Wildman–Crippen MR) is 117 cm³/mol. The van der Waals surface area contributed by atoms with Gasteiger partial charge < -0.3 is 9.22 Å². The second-order valence-electron chi connectivity index (χ2n) is 7.18. The predicted octanol–water partition coefficient (Wildman–Crippen LogP) is 5.20. The van der Waals surface area contributed by atoms with Crippen LogP contribution in [-0.4, -0.2) is 37.3 Å². The summed E-state index contributed by atoms with van der Waals surface area (Å²) in [5.41, 5.74) is 1.20. The molecule has 0 unspecified atom stereocenters. The lowest BCUT2D eigenvalue weighted by atomic mass is 10.1. The minimum absolute atomic E-state index is 0.122. The Bertz CT molecular complexity index is 951. The first-order valence-electron chi connectivity index (χ1n) is 9.99. The Morgan fingerprint density at radius 3 is 2.37 bits per heavy atom. The van der Waals surface area contributed by atoms with Crippen LogP contribution in [0.3, 0.4) is 0 Å². The molecule has 0 bridgehead atoms. The first kappa shape index (κ1) is 20.0.